The van der Waals surface area contributed by atoms with E-state index < -0.39 is 39.6 Å². The number of nitrogens with zero attached hydrogens (tertiary/aromatic N) is 5. The Bertz CT molecular complexity index is 1760. The van der Waals surface area contributed by atoms with Gasteiger partial charge in [0.25, 0.3) is 6.47 Å². The molecule has 2 aromatic heterocycles. The maximum absolute atomic E-state index is 12.2. The van der Waals surface area contributed by atoms with Crippen molar-refractivity contribution in [3.05, 3.63) is 36.2 Å². The molecule has 2 atom stereocenters. The van der Waals surface area contributed by atoms with Crippen LogP contribution in [0, 0.1) is 0 Å². The van der Waals surface area contributed by atoms with Gasteiger partial charge < -0.3 is 56.2 Å². The molecule has 6 N–H and O–H groups in total. The van der Waals surface area contributed by atoms with Crippen molar-refractivity contribution in [3.63, 3.8) is 0 Å². The van der Waals surface area contributed by atoms with Crippen molar-refractivity contribution in [2.75, 3.05) is 58.1 Å². The minimum atomic E-state index is -4.15. The van der Waals surface area contributed by atoms with Gasteiger partial charge in [0.15, 0.2) is 0 Å². The Kier molecular flexibility index (Phi) is 40.4. The van der Waals surface area contributed by atoms with Crippen LogP contribution in [0.3, 0.4) is 0 Å². The molecule has 2 aromatic rings. The number of allylic oxidation sites excluding steroid dienone is 1. The molecule has 0 aromatic carbocycles. The number of ether oxygens (including phenoxy) is 2. The zero-order valence-corrected chi connectivity index (χ0v) is 54.1. The first kappa shape index (κ1) is 68.5. The van der Waals surface area contributed by atoms with Crippen molar-refractivity contribution in [1.29, 1.82) is 0 Å². The van der Waals surface area contributed by atoms with Crippen LogP contribution >= 0.6 is 38.3 Å². The Hall–Kier alpha value is 0.874. The molecular formula is C33H62BrCs2N8O14P3. The zero-order chi connectivity index (χ0) is 45.9. The van der Waals surface area contributed by atoms with Gasteiger partial charge >= 0.3 is 158 Å². The number of aromatic nitrogens is 4. The van der Waals surface area contributed by atoms with Crippen molar-refractivity contribution in [2.45, 2.75) is 79.7 Å². The molecule has 3 rings (SSSR count). The number of aliphatic imine (C=N–C) groups is 1. The minimum Gasteiger partial charge on any atom is -1.00 e. The zero-order valence-electron chi connectivity index (χ0n) is 38.2. The summed E-state index contributed by atoms with van der Waals surface area (Å²) in [4.78, 5) is 54.9. The number of hydrogen-bond acceptors (Lipinski definition) is 16. The van der Waals surface area contributed by atoms with E-state index in [1.807, 2.05) is 33.8 Å². The molecule has 2 unspecified atom stereocenters. The smallest absolute Gasteiger partial charge is 1.00 e. The van der Waals surface area contributed by atoms with Crippen LogP contribution in [0.1, 0.15) is 56.8 Å². The fourth-order valence-corrected chi connectivity index (χ4v) is 7.03. The van der Waals surface area contributed by atoms with E-state index >= 15 is 0 Å². The van der Waals surface area contributed by atoms with E-state index in [0.717, 1.165) is 16.8 Å². The second-order valence-corrected chi connectivity index (χ2v) is 21.0. The van der Waals surface area contributed by atoms with Crippen LogP contribution in [-0.2, 0) is 55.0 Å². The Labute approximate surface area is 486 Å². The summed E-state index contributed by atoms with van der Waals surface area (Å²) in [6, 6.07) is 0. The van der Waals surface area contributed by atoms with Crippen molar-refractivity contribution in [2.24, 2.45) is 10.7 Å². The van der Waals surface area contributed by atoms with Crippen LogP contribution in [0.2, 0.25) is 0 Å². The molecule has 3 heterocycles. The predicted octanol–water partition coefficient (Wildman–Crippen LogP) is -3.02. The number of alkyl halides is 1. The van der Waals surface area contributed by atoms with E-state index in [9.17, 15) is 23.3 Å². The average Bonchev–Trinajstić information content (AvgIpc) is 3.90. The summed E-state index contributed by atoms with van der Waals surface area (Å²) in [6.45, 7) is 21.4. The second kappa shape index (κ2) is 36.0. The quantitative estimate of drug-likeness (QED) is 0.0390. The van der Waals surface area contributed by atoms with Crippen LogP contribution in [0.5, 0.6) is 0 Å². The van der Waals surface area contributed by atoms with E-state index in [-0.39, 0.29) is 157 Å². The SMILES string of the molecule is CC(C)(C)OC(=O)NCCBr.CCOP(C)(=O)C1=CCN=C1.CCOP(C)(=O)c1cnn(CCNC(=O)OC(C)(C)C)c1.NCCn1cc(P(=O)(O)O)cn1.O=CO[O-].[Cs+].[Cs+].[H-]. The third kappa shape index (κ3) is 36.7. The molecule has 1 aliphatic heterocycles. The molecule has 0 radical (unpaired) electrons. The van der Waals surface area contributed by atoms with Gasteiger partial charge in [0.2, 0.25) is 14.7 Å². The minimum absolute atomic E-state index is 0. The standard InChI is InChI=1S/C13H24N3O4P.C7H14BrNO2.C7H12NO2P.C5H10N3O3P.CH2O3.2Cs.H/c1-6-19-21(5,18)11-9-15-16(10-11)8-7-14-12(17)20-13(2,3)4;1-7(2,3)11-6(10)9-5-4-8;1-3-10-11(2,9)7-4-5-8-6-7;6-1-2-8-4-5(3-7-8)12(9,10)11;2-1-4-3;;;/h9-10H,6-8H2,1-5H3,(H,14,17);4-5H2,1-3H3,(H,9,10);4,6H,3,5H2,1-2H3;3-4H,1-2,6H2,(H2,9,10,11);1,3H;;;/q;;;;;2*+1;-1/p-1. The Balaban J connectivity index is -0.000000231. The van der Waals surface area contributed by atoms with Crippen molar-refractivity contribution >= 4 is 73.7 Å². The van der Waals surface area contributed by atoms with Gasteiger partial charge in [-0.2, -0.15) is 10.2 Å². The number of carbonyl (C=O) groups excluding carboxylic acids is 3. The number of nitrogens with two attached hydrogens (primary N) is 1. The average molecular weight is 1230 g/mol. The predicted molar refractivity (Wildman–Crippen MR) is 227 cm³/mol. The summed E-state index contributed by atoms with van der Waals surface area (Å²) in [6.07, 6.45) is 8.30. The van der Waals surface area contributed by atoms with Crippen LogP contribution in [0.4, 0.5) is 9.59 Å². The van der Waals surface area contributed by atoms with Gasteiger partial charge in [0, 0.05) is 56.9 Å². The van der Waals surface area contributed by atoms with Crippen LogP contribution in [0.25, 0.3) is 0 Å². The summed E-state index contributed by atoms with van der Waals surface area (Å²) in [7, 11) is -9.47. The molecule has 342 valence electrons. The van der Waals surface area contributed by atoms with Gasteiger partial charge in [-0.1, -0.05) is 15.9 Å². The summed E-state index contributed by atoms with van der Waals surface area (Å²) < 4.78 is 57.9. The molecule has 22 nitrogen and oxygen atoms in total. The number of rotatable bonds is 15. The van der Waals surface area contributed by atoms with Gasteiger partial charge in [-0.05, 0) is 61.5 Å². The molecule has 1 aliphatic rings. The fourth-order valence-electron chi connectivity index (χ4n) is 3.75. The van der Waals surface area contributed by atoms with E-state index in [1.54, 1.807) is 58.1 Å². The molecule has 2 amide bonds. The third-order valence-corrected chi connectivity index (χ3v) is 11.3. The molecule has 28 heteroatoms. The topological polar surface area (TPSA) is 310 Å². The van der Waals surface area contributed by atoms with Crippen molar-refractivity contribution in [1.82, 2.24) is 30.2 Å². The number of carbonyl (C=O) groups is 3. The van der Waals surface area contributed by atoms with E-state index in [2.05, 4.69) is 46.6 Å². The first-order valence-electron chi connectivity index (χ1n) is 17.9. The van der Waals surface area contributed by atoms with Crippen LogP contribution in [-0.4, -0.2) is 123 Å². The Morgan fingerprint density at radius 3 is 1.70 bits per heavy atom. The summed E-state index contributed by atoms with van der Waals surface area (Å²) >= 11 is 3.19. The van der Waals surface area contributed by atoms with Gasteiger partial charge in [0.1, 0.15) is 16.5 Å². The molecule has 0 spiro atoms. The van der Waals surface area contributed by atoms with Gasteiger partial charge in [-0.3, -0.25) is 32.8 Å². The maximum atomic E-state index is 12.2. The van der Waals surface area contributed by atoms with Gasteiger partial charge in [-0.25, -0.2) is 9.59 Å². The normalized spacial score (nSPS) is 13.5. The maximum Gasteiger partial charge on any atom is 1.00 e. The number of hydrogen-bond donors (Lipinski definition) is 5. The molecule has 61 heavy (non-hydrogen) atoms. The summed E-state index contributed by atoms with van der Waals surface area (Å²) in [5.74, 6) is 0. The monoisotopic (exact) mass is 1230 g/mol. The molecular weight excluding hydrogens is 1170 g/mol. The number of nitrogens with one attached hydrogen (secondary N) is 2. The van der Waals surface area contributed by atoms with Gasteiger partial charge in [0.05, 0.1) is 55.9 Å². The number of alkyl carbamates (subject to hydrolysis) is 2. The second-order valence-electron chi connectivity index (χ2n) is 13.6. The van der Waals surface area contributed by atoms with Crippen molar-refractivity contribution < 1.29 is 206 Å². The largest absolute Gasteiger partial charge is 1.00 e. The third-order valence-electron chi connectivity index (χ3n) is 6.06. The van der Waals surface area contributed by atoms with Crippen LogP contribution in [0.15, 0.2) is 41.2 Å². The first-order chi connectivity index (χ1) is 27.2. The van der Waals surface area contributed by atoms with Crippen molar-refractivity contribution in [3.8, 4) is 0 Å². The molecule has 0 bridgehead atoms. The fraction of sp³-hybridized carbons (Fsp3) is 0.636. The van der Waals surface area contributed by atoms with Gasteiger partial charge in [-0.15, -0.1) is 0 Å². The Morgan fingerprint density at radius 2 is 1.33 bits per heavy atom. The Morgan fingerprint density at radius 1 is 0.885 bits per heavy atom. The number of amides is 2. The first-order valence-corrected chi connectivity index (χ1v) is 24.8. The molecule has 0 aliphatic carbocycles. The summed E-state index contributed by atoms with van der Waals surface area (Å²) in [5, 5.41) is 23.5. The van der Waals surface area contributed by atoms with Crippen LogP contribution < -0.4 is 170 Å². The molecule has 0 saturated heterocycles. The molecule has 0 saturated carbocycles. The summed E-state index contributed by atoms with van der Waals surface area (Å²) in [5.41, 5.74) is 4.30. The number of halogens is 1. The van der Waals surface area contributed by atoms with E-state index in [0.29, 0.717) is 57.8 Å². The van der Waals surface area contributed by atoms with E-state index in [4.69, 9.17) is 44.1 Å². The molecule has 0 fully saturated rings. The van der Waals surface area contributed by atoms with E-state index in [1.165, 1.54) is 17.1 Å².